The van der Waals surface area contributed by atoms with Gasteiger partial charge in [-0.15, -0.1) is 0 Å². The van der Waals surface area contributed by atoms with Crippen LogP contribution in [0.2, 0.25) is 0 Å². The van der Waals surface area contributed by atoms with Crippen LogP contribution in [0.5, 0.6) is 0 Å². The third-order valence-corrected chi connectivity index (χ3v) is 4.46. The maximum atomic E-state index is 12.1. The van der Waals surface area contributed by atoms with Crippen molar-refractivity contribution in [3.05, 3.63) is 57.0 Å². The average Bonchev–Trinajstić information content (AvgIpc) is 2.91. The number of amides is 1. The van der Waals surface area contributed by atoms with E-state index in [0.29, 0.717) is 17.2 Å². The Balaban J connectivity index is 1.63. The number of fused-ring (bicyclic) bond motifs is 1. The van der Waals surface area contributed by atoms with Crippen molar-refractivity contribution in [2.75, 3.05) is 18.9 Å². The van der Waals surface area contributed by atoms with Crippen LogP contribution in [0.15, 0.2) is 35.1 Å². The first kappa shape index (κ1) is 17.2. The van der Waals surface area contributed by atoms with Crippen molar-refractivity contribution in [1.82, 2.24) is 19.5 Å². The molecule has 0 fully saturated rings. The molecule has 8 heteroatoms. The second-order valence-corrected chi connectivity index (χ2v) is 7.05. The highest BCUT2D eigenvalue weighted by atomic mass is 32.1. The molecule has 0 radical (unpaired) electrons. The molecule has 1 N–H and O–H groups in total. The van der Waals surface area contributed by atoms with Crippen molar-refractivity contribution in [3.63, 3.8) is 0 Å². The second-order valence-electron chi connectivity index (χ2n) is 6.01. The molecule has 7 nitrogen and oxygen atoms in total. The lowest BCUT2D eigenvalue weighted by molar-refractivity contribution is -0.117. The summed E-state index contributed by atoms with van der Waals surface area (Å²) in [4.78, 5) is 30.7. The van der Waals surface area contributed by atoms with E-state index in [1.54, 1.807) is 6.92 Å². The average molecular weight is 357 g/mol. The fourth-order valence-electron chi connectivity index (χ4n) is 2.39. The van der Waals surface area contributed by atoms with Gasteiger partial charge >= 0.3 is 0 Å². The van der Waals surface area contributed by atoms with Gasteiger partial charge in [-0.1, -0.05) is 29.0 Å². The lowest BCUT2D eigenvalue weighted by Gasteiger charge is -2.14. The van der Waals surface area contributed by atoms with E-state index in [1.807, 2.05) is 43.1 Å². The lowest BCUT2D eigenvalue weighted by Crippen LogP contribution is -2.29. The van der Waals surface area contributed by atoms with Gasteiger partial charge in [0.25, 0.3) is 5.56 Å². The summed E-state index contributed by atoms with van der Waals surface area (Å²) < 4.78 is 1.30. The zero-order valence-corrected chi connectivity index (χ0v) is 15.1. The maximum absolute atomic E-state index is 12.1. The minimum Gasteiger partial charge on any atom is -0.325 e. The molecular weight excluding hydrogens is 338 g/mol. The molecule has 1 aromatic carbocycles. The Morgan fingerprint density at radius 3 is 2.72 bits per heavy atom. The quantitative estimate of drug-likeness (QED) is 0.754. The number of hydrogen-bond donors (Lipinski definition) is 1. The van der Waals surface area contributed by atoms with Gasteiger partial charge < -0.3 is 5.32 Å². The molecular formula is C17H19N5O2S. The summed E-state index contributed by atoms with van der Waals surface area (Å²) in [5.41, 5.74) is 2.40. The summed E-state index contributed by atoms with van der Waals surface area (Å²) >= 11 is 1.35. The number of hydrogen-bond acceptors (Lipinski definition) is 6. The number of benzene rings is 1. The van der Waals surface area contributed by atoms with Crippen molar-refractivity contribution >= 4 is 27.9 Å². The van der Waals surface area contributed by atoms with Crippen molar-refractivity contribution in [3.8, 4) is 0 Å². The minimum absolute atomic E-state index is 0.0985. The number of nitrogens with zero attached hydrogens (tertiary/aromatic N) is 4. The van der Waals surface area contributed by atoms with Crippen LogP contribution in [-0.4, -0.2) is 39.0 Å². The molecule has 0 aliphatic carbocycles. The molecule has 1 amide bonds. The number of aromatic nitrogens is 3. The Morgan fingerprint density at radius 2 is 2.00 bits per heavy atom. The number of anilines is 1. The Labute approximate surface area is 148 Å². The summed E-state index contributed by atoms with van der Waals surface area (Å²) in [5.74, 6) is -0.0985. The van der Waals surface area contributed by atoms with E-state index >= 15 is 0 Å². The topological polar surface area (TPSA) is 79.6 Å². The van der Waals surface area contributed by atoms with E-state index < -0.39 is 0 Å². The molecule has 0 aliphatic heterocycles. The van der Waals surface area contributed by atoms with Gasteiger partial charge in [-0.05, 0) is 33.0 Å². The van der Waals surface area contributed by atoms with Crippen LogP contribution in [-0.2, 0) is 11.3 Å². The van der Waals surface area contributed by atoms with E-state index in [1.165, 1.54) is 21.9 Å². The summed E-state index contributed by atoms with van der Waals surface area (Å²) in [6.45, 7) is 4.47. The number of carbonyl (C=O) groups excluding carboxylic acids is 1. The van der Waals surface area contributed by atoms with Crippen molar-refractivity contribution in [1.29, 1.82) is 0 Å². The second kappa shape index (κ2) is 7.12. The first-order valence-corrected chi connectivity index (χ1v) is 8.64. The molecule has 25 heavy (non-hydrogen) atoms. The van der Waals surface area contributed by atoms with E-state index in [4.69, 9.17) is 0 Å². The van der Waals surface area contributed by atoms with E-state index in [0.717, 1.165) is 16.3 Å². The van der Waals surface area contributed by atoms with Gasteiger partial charge in [0.1, 0.15) is 5.01 Å². The van der Waals surface area contributed by atoms with Crippen LogP contribution in [0.4, 0.5) is 5.69 Å². The van der Waals surface area contributed by atoms with Crippen LogP contribution in [0.3, 0.4) is 0 Å². The highest BCUT2D eigenvalue weighted by molar-refractivity contribution is 7.16. The molecule has 0 bridgehead atoms. The number of nitrogens with one attached hydrogen (secondary N) is 1. The van der Waals surface area contributed by atoms with Gasteiger partial charge in [0, 0.05) is 17.4 Å². The Bertz CT molecular complexity index is 961. The van der Waals surface area contributed by atoms with Gasteiger partial charge in [-0.2, -0.15) is 9.61 Å². The van der Waals surface area contributed by atoms with Crippen molar-refractivity contribution < 1.29 is 4.79 Å². The predicted octanol–water partition coefficient (Wildman–Crippen LogP) is 1.84. The number of aryl methyl sites for hydroxylation is 2. The van der Waals surface area contributed by atoms with Crippen LogP contribution in [0, 0.1) is 13.8 Å². The standard InChI is InChI=1S/C17H19N5O2S/c1-11-4-6-13(7-5-11)19-14(23)9-21(3)10-15-20-22-16(24)8-12(2)18-17(22)25-15/h4-8H,9-10H2,1-3H3,(H,19,23). The van der Waals surface area contributed by atoms with Gasteiger partial charge in [0.2, 0.25) is 10.9 Å². The summed E-state index contributed by atoms with van der Waals surface area (Å²) in [7, 11) is 1.84. The molecule has 0 unspecified atom stereocenters. The van der Waals surface area contributed by atoms with Gasteiger partial charge in [-0.25, -0.2) is 4.98 Å². The van der Waals surface area contributed by atoms with Gasteiger partial charge in [0.05, 0.1) is 13.1 Å². The van der Waals surface area contributed by atoms with Crippen LogP contribution in [0.25, 0.3) is 4.96 Å². The first-order chi connectivity index (χ1) is 11.9. The summed E-state index contributed by atoms with van der Waals surface area (Å²) in [6, 6.07) is 9.11. The van der Waals surface area contributed by atoms with E-state index in [9.17, 15) is 9.59 Å². The van der Waals surface area contributed by atoms with E-state index in [2.05, 4.69) is 15.4 Å². The molecule has 0 atom stereocenters. The third kappa shape index (κ3) is 4.28. The summed E-state index contributed by atoms with van der Waals surface area (Å²) in [6.07, 6.45) is 0. The highest BCUT2D eigenvalue weighted by Gasteiger charge is 2.12. The minimum atomic E-state index is -0.190. The fourth-order valence-corrected chi connectivity index (χ4v) is 3.42. The van der Waals surface area contributed by atoms with Crippen LogP contribution in [0.1, 0.15) is 16.3 Å². The van der Waals surface area contributed by atoms with Crippen LogP contribution < -0.4 is 10.9 Å². The Kier molecular flexibility index (Phi) is 4.91. The molecule has 2 aromatic heterocycles. The number of rotatable bonds is 5. The SMILES string of the molecule is Cc1ccc(NC(=O)CN(C)Cc2nn3c(=O)cc(C)nc3s2)cc1. The van der Waals surface area contributed by atoms with Gasteiger partial charge in [-0.3, -0.25) is 14.5 Å². The number of carbonyl (C=O) groups is 1. The molecule has 0 saturated carbocycles. The van der Waals surface area contributed by atoms with Crippen molar-refractivity contribution in [2.24, 2.45) is 0 Å². The zero-order chi connectivity index (χ0) is 18.0. The summed E-state index contributed by atoms with van der Waals surface area (Å²) in [5, 5.41) is 7.88. The fraction of sp³-hybridized carbons (Fsp3) is 0.294. The molecule has 0 aliphatic rings. The van der Waals surface area contributed by atoms with E-state index in [-0.39, 0.29) is 18.0 Å². The van der Waals surface area contributed by atoms with Crippen LogP contribution >= 0.6 is 11.3 Å². The predicted molar refractivity (Wildman–Crippen MR) is 98.0 cm³/mol. The van der Waals surface area contributed by atoms with Gasteiger partial charge in [0.15, 0.2) is 0 Å². The normalized spacial score (nSPS) is 11.2. The maximum Gasteiger partial charge on any atom is 0.275 e. The molecule has 0 spiro atoms. The smallest absolute Gasteiger partial charge is 0.275 e. The van der Waals surface area contributed by atoms with Crippen molar-refractivity contribution in [2.45, 2.75) is 20.4 Å². The molecule has 2 heterocycles. The monoisotopic (exact) mass is 357 g/mol. The zero-order valence-electron chi connectivity index (χ0n) is 14.3. The molecule has 3 rings (SSSR count). The highest BCUT2D eigenvalue weighted by Crippen LogP contribution is 2.13. The first-order valence-electron chi connectivity index (χ1n) is 7.82. The lowest BCUT2D eigenvalue weighted by atomic mass is 10.2. The largest absolute Gasteiger partial charge is 0.325 e. The third-order valence-electron chi connectivity index (χ3n) is 3.57. The Hall–Kier alpha value is -2.58. The molecule has 0 saturated heterocycles. The number of likely N-dealkylation sites (N-methyl/N-ethyl adjacent to an activating group) is 1. The molecule has 130 valence electrons. The Morgan fingerprint density at radius 1 is 1.28 bits per heavy atom. The molecule has 3 aromatic rings.